The van der Waals surface area contributed by atoms with Crippen LogP contribution in [-0.4, -0.2) is 35.7 Å². The molecule has 6 heteroatoms. The van der Waals surface area contributed by atoms with Crippen molar-refractivity contribution in [3.05, 3.63) is 34.4 Å². The summed E-state index contributed by atoms with van der Waals surface area (Å²) in [5.41, 5.74) is 0.00545. The van der Waals surface area contributed by atoms with Crippen molar-refractivity contribution in [3.63, 3.8) is 0 Å². The van der Waals surface area contributed by atoms with Crippen LogP contribution in [0, 0.1) is 10.1 Å². The quantitative estimate of drug-likeness (QED) is 0.650. The Morgan fingerprint density at radius 1 is 1.56 bits per heavy atom. The van der Waals surface area contributed by atoms with Crippen LogP contribution >= 0.6 is 0 Å². The number of hydrogen-bond acceptors (Lipinski definition) is 5. The third-order valence-corrected chi connectivity index (χ3v) is 3.05. The van der Waals surface area contributed by atoms with E-state index in [1.54, 1.807) is 18.2 Å². The molecule has 1 aromatic rings. The molecule has 1 unspecified atom stereocenters. The third kappa shape index (κ3) is 2.77. The number of benzene rings is 1. The molecular weight excluding hydrogens is 234 g/mol. The Balaban J connectivity index is 2.15. The van der Waals surface area contributed by atoms with E-state index in [1.807, 2.05) is 5.06 Å². The van der Waals surface area contributed by atoms with Crippen LogP contribution in [0.4, 0.5) is 5.69 Å². The molecule has 98 valence electrons. The van der Waals surface area contributed by atoms with Gasteiger partial charge in [-0.05, 0) is 12.5 Å². The number of para-hydroxylation sites is 2. The average molecular weight is 251 g/mol. The summed E-state index contributed by atoms with van der Waals surface area (Å²) in [7, 11) is 0. The van der Waals surface area contributed by atoms with Crippen LogP contribution in [0.3, 0.4) is 0 Å². The molecule has 2 rings (SSSR count). The maximum Gasteiger partial charge on any atom is 0.313 e. The van der Waals surface area contributed by atoms with Crippen LogP contribution < -0.4 is 10.2 Å². The fourth-order valence-electron chi connectivity index (χ4n) is 2.02. The molecule has 1 saturated heterocycles. The maximum atomic E-state index is 10.9. The summed E-state index contributed by atoms with van der Waals surface area (Å²) in [6.45, 7) is 4.48. The van der Waals surface area contributed by atoms with Crippen molar-refractivity contribution in [1.29, 1.82) is 0 Å². The van der Waals surface area contributed by atoms with Gasteiger partial charge in [0.2, 0.25) is 5.75 Å². The molecule has 0 bridgehead atoms. The van der Waals surface area contributed by atoms with Gasteiger partial charge < -0.3 is 10.2 Å². The first-order valence-corrected chi connectivity index (χ1v) is 6.11. The molecule has 0 spiro atoms. The predicted octanol–water partition coefficient (Wildman–Crippen LogP) is 1.57. The normalized spacial score (nSPS) is 20.6. The van der Waals surface area contributed by atoms with Gasteiger partial charge >= 0.3 is 5.69 Å². The zero-order chi connectivity index (χ0) is 13.0. The lowest BCUT2D eigenvalue weighted by Crippen LogP contribution is -2.52. The molecule has 1 N–H and O–H groups in total. The van der Waals surface area contributed by atoms with E-state index in [4.69, 9.17) is 4.84 Å². The first-order chi connectivity index (χ1) is 8.72. The predicted molar refractivity (Wildman–Crippen MR) is 67.4 cm³/mol. The Morgan fingerprint density at radius 2 is 2.33 bits per heavy atom. The molecule has 0 saturated carbocycles. The van der Waals surface area contributed by atoms with Gasteiger partial charge in [-0.2, -0.15) is 0 Å². The number of hydroxylamine groups is 2. The molecule has 1 fully saturated rings. The van der Waals surface area contributed by atoms with Crippen molar-refractivity contribution >= 4 is 5.69 Å². The number of nitrogens with zero attached hydrogens (tertiary/aromatic N) is 2. The van der Waals surface area contributed by atoms with Crippen LogP contribution in [0.1, 0.15) is 13.3 Å². The van der Waals surface area contributed by atoms with Gasteiger partial charge in [0.1, 0.15) is 0 Å². The SMILES string of the molecule is CCC1CNCCN1Oc1ccccc1[N+](=O)[O-]. The zero-order valence-corrected chi connectivity index (χ0v) is 10.3. The fourth-order valence-corrected chi connectivity index (χ4v) is 2.02. The largest absolute Gasteiger partial charge is 0.398 e. The van der Waals surface area contributed by atoms with Crippen LogP contribution in [0.25, 0.3) is 0 Å². The summed E-state index contributed by atoms with van der Waals surface area (Å²) in [5, 5.41) is 16.0. The first-order valence-electron chi connectivity index (χ1n) is 6.11. The van der Waals surface area contributed by atoms with Crippen molar-refractivity contribution in [2.75, 3.05) is 19.6 Å². The highest BCUT2D eigenvalue weighted by atomic mass is 16.7. The van der Waals surface area contributed by atoms with Gasteiger partial charge in [-0.15, -0.1) is 5.06 Å². The molecule has 0 aromatic heterocycles. The van der Waals surface area contributed by atoms with E-state index in [9.17, 15) is 10.1 Å². The standard InChI is InChI=1S/C12H17N3O3/c1-2-10-9-13-7-8-14(10)18-12-6-4-3-5-11(12)15(16)17/h3-6,10,13H,2,7-9H2,1H3. The van der Waals surface area contributed by atoms with Crippen LogP contribution in [0.2, 0.25) is 0 Å². The van der Waals surface area contributed by atoms with Crippen molar-refractivity contribution in [2.24, 2.45) is 0 Å². The number of hydrogen-bond donors (Lipinski definition) is 1. The summed E-state index contributed by atoms with van der Waals surface area (Å²) < 4.78 is 0. The van der Waals surface area contributed by atoms with Gasteiger partial charge in [0.05, 0.1) is 11.0 Å². The molecule has 0 radical (unpaired) electrons. The van der Waals surface area contributed by atoms with Gasteiger partial charge in [-0.1, -0.05) is 19.1 Å². The smallest absolute Gasteiger partial charge is 0.313 e. The number of nitro benzene ring substituents is 1. The van der Waals surface area contributed by atoms with E-state index < -0.39 is 4.92 Å². The highest BCUT2D eigenvalue weighted by Gasteiger charge is 2.25. The van der Waals surface area contributed by atoms with Gasteiger partial charge in [0.15, 0.2) is 0 Å². The summed E-state index contributed by atoms with van der Waals surface area (Å²) in [6.07, 6.45) is 0.938. The Bertz CT molecular complexity index is 425. The lowest BCUT2D eigenvalue weighted by molar-refractivity contribution is -0.387. The van der Waals surface area contributed by atoms with E-state index in [0.29, 0.717) is 5.75 Å². The molecule has 6 nitrogen and oxygen atoms in total. The van der Waals surface area contributed by atoms with Gasteiger partial charge in [0.25, 0.3) is 0 Å². The summed E-state index contributed by atoms with van der Waals surface area (Å²) in [4.78, 5) is 16.2. The first kappa shape index (κ1) is 12.8. The summed E-state index contributed by atoms with van der Waals surface area (Å²) >= 11 is 0. The second-order valence-electron chi connectivity index (χ2n) is 4.22. The van der Waals surface area contributed by atoms with E-state index in [0.717, 1.165) is 26.1 Å². The lowest BCUT2D eigenvalue weighted by atomic mass is 10.2. The number of nitrogens with one attached hydrogen (secondary N) is 1. The zero-order valence-electron chi connectivity index (χ0n) is 10.3. The van der Waals surface area contributed by atoms with Crippen molar-refractivity contribution in [2.45, 2.75) is 19.4 Å². The molecule has 1 aliphatic rings. The minimum absolute atomic E-state index is 0.00545. The maximum absolute atomic E-state index is 10.9. The Kier molecular flexibility index (Phi) is 4.11. The monoisotopic (exact) mass is 251 g/mol. The fraction of sp³-hybridized carbons (Fsp3) is 0.500. The number of nitro groups is 1. The Labute approximate surface area is 106 Å². The minimum atomic E-state index is -0.418. The van der Waals surface area contributed by atoms with Crippen LogP contribution in [-0.2, 0) is 0 Å². The second kappa shape index (κ2) is 5.79. The summed E-state index contributed by atoms with van der Waals surface area (Å²) in [6, 6.07) is 6.72. The second-order valence-corrected chi connectivity index (χ2v) is 4.22. The van der Waals surface area contributed by atoms with Gasteiger partial charge in [0, 0.05) is 25.7 Å². The Hall–Kier alpha value is -1.66. The van der Waals surface area contributed by atoms with Crippen molar-refractivity contribution in [1.82, 2.24) is 10.4 Å². The lowest BCUT2D eigenvalue weighted by Gasteiger charge is -2.34. The minimum Gasteiger partial charge on any atom is -0.398 e. The van der Waals surface area contributed by atoms with Crippen molar-refractivity contribution in [3.8, 4) is 5.75 Å². The molecule has 1 aliphatic heterocycles. The number of rotatable bonds is 4. The van der Waals surface area contributed by atoms with E-state index in [1.165, 1.54) is 6.07 Å². The highest BCUT2D eigenvalue weighted by molar-refractivity contribution is 5.45. The van der Waals surface area contributed by atoms with Crippen LogP contribution in [0.5, 0.6) is 5.75 Å². The van der Waals surface area contributed by atoms with Gasteiger partial charge in [-0.25, -0.2) is 0 Å². The van der Waals surface area contributed by atoms with Crippen LogP contribution in [0.15, 0.2) is 24.3 Å². The molecular formula is C12H17N3O3. The summed E-state index contributed by atoms with van der Waals surface area (Å²) in [5.74, 6) is 0.308. The third-order valence-electron chi connectivity index (χ3n) is 3.05. The molecule has 18 heavy (non-hydrogen) atoms. The van der Waals surface area contributed by atoms with Crippen molar-refractivity contribution < 1.29 is 9.76 Å². The molecule has 1 heterocycles. The molecule has 0 aliphatic carbocycles. The number of piperazine rings is 1. The molecule has 1 aromatic carbocycles. The van der Waals surface area contributed by atoms with E-state index in [-0.39, 0.29) is 11.7 Å². The highest BCUT2D eigenvalue weighted by Crippen LogP contribution is 2.27. The van der Waals surface area contributed by atoms with Gasteiger partial charge in [-0.3, -0.25) is 10.1 Å². The van der Waals surface area contributed by atoms with E-state index >= 15 is 0 Å². The topological polar surface area (TPSA) is 67.6 Å². The average Bonchev–Trinajstić information content (AvgIpc) is 2.40. The van der Waals surface area contributed by atoms with E-state index in [2.05, 4.69) is 12.2 Å². The Morgan fingerprint density at radius 3 is 3.06 bits per heavy atom. The molecule has 1 atom stereocenters. The molecule has 0 amide bonds.